The molecule has 0 saturated heterocycles. The van der Waals surface area contributed by atoms with Gasteiger partial charge in [0.2, 0.25) is 10.0 Å². The van der Waals surface area contributed by atoms with Crippen LogP contribution in [0.2, 0.25) is 0 Å². The van der Waals surface area contributed by atoms with Gasteiger partial charge in [-0.05, 0) is 17.7 Å². The van der Waals surface area contributed by atoms with E-state index in [1.807, 2.05) is 6.07 Å². The Bertz CT molecular complexity index is 949. The van der Waals surface area contributed by atoms with Gasteiger partial charge in [0.1, 0.15) is 16.3 Å². The van der Waals surface area contributed by atoms with Gasteiger partial charge < -0.3 is 4.74 Å². The zero-order valence-electron chi connectivity index (χ0n) is 14.3. The highest BCUT2D eigenvalue weighted by Crippen LogP contribution is 2.21. The Morgan fingerprint density at radius 1 is 1.15 bits per heavy atom. The van der Waals surface area contributed by atoms with Gasteiger partial charge in [0.05, 0.1) is 7.11 Å². The minimum absolute atomic E-state index is 0.000791. The van der Waals surface area contributed by atoms with Gasteiger partial charge in [0, 0.05) is 28.9 Å². The maximum Gasteiger partial charge on any atom is 0.343 e. The Morgan fingerprint density at radius 2 is 1.81 bits per heavy atom. The van der Waals surface area contributed by atoms with Crippen LogP contribution < -0.4 is 4.72 Å². The molecule has 0 saturated carbocycles. The third-order valence-electron chi connectivity index (χ3n) is 3.53. The van der Waals surface area contributed by atoms with Crippen LogP contribution >= 0.6 is 0 Å². The number of halogens is 2. The van der Waals surface area contributed by atoms with E-state index in [1.54, 1.807) is 24.3 Å². The van der Waals surface area contributed by atoms with Gasteiger partial charge in [-0.1, -0.05) is 30.3 Å². The lowest BCUT2D eigenvalue weighted by atomic mass is 10.2. The summed E-state index contributed by atoms with van der Waals surface area (Å²) in [5.74, 6) is -3.85. The molecule has 0 spiro atoms. The van der Waals surface area contributed by atoms with Crippen LogP contribution in [0.4, 0.5) is 8.78 Å². The van der Waals surface area contributed by atoms with Crippen LogP contribution in [0.3, 0.4) is 0 Å². The maximum atomic E-state index is 14.3. The number of methoxy groups -OCH3 is 1. The molecule has 2 aromatic rings. The fraction of sp³-hybridized carbons (Fsp3) is 0.235. The summed E-state index contributed by atoms with van der Waals surface area (Å²) < 4.78 is 70.8. The number of carbonyl (C=O) groups is 1. The van der Waals surface area contributed by atoms with Crippen molar-refractivity contribution in [3.63, 3.8) is 0 Å². The summed E-state index contributed by atoms with van der Waals surface area (Å²) in [7, 11) is -4.79. The molecule has 2 aromatic carbocycles. The topological polar surface area (TPSA) is 89.5 Å². The van der Waals surface area contributed by atoms with E-state index in [9.17, 15) is 26.2 Å². The number of nitrogens with one attached hydrogen (secondary N) is 1. The van der Waals surface area contributed by atoms with E-state index >= 15 is 0 Å². The van der Waals surface area contributed by atoms with Crippen LogP contribution in [0.25, 0.3) is 0 Å². The second-order valence-electron chi connectivity index (χ2n) is 5.40. The van der Waals surface area contributed by atoms with Gasteiger partial charge in [-0.3, -0.25) is 4.21 Å². The van der Waals surface area contributed by atoms with Crippen LogP contribution in [0.15, 0.2) is 47.4 Å². The highest BCUT2D eigenvalue weighted by Gasteiger charge is 2.27. The van der Waals surface area contributed by atoms with E-state index in [0.717, 1.165) is 12.7 Å². The maximum absolute atomic E-state index is 14.3. The molecule has 0 aromatic heterocycles. The molecule has 0 fully saturated rings. The van der Waals surface area contributed by atoms with Gasteiger partial charge in [-0.2, -0.15) is 0 Å². The summed E-state index contributed by atoms with van der Waals surface area (Å²) in [6.45, 7) is -0.216. The zero-order valence-corrected chi connectivity index (χ0v) is 15.9. The predicted molar refractivity (Wildman–Crippen MR) is 96.0 cm³/mol. The van der Waals surface area contributed by atoms with Crippen LogP contribution in [0, 0.1) is 11.6 Å². The fourth-order valence-corrected chi connectivity index (χ4v) is 4.51. The van der Waals surface area contributed by atoms with E-state index in [4.69, 9.17) is 0 Å². The SMILES string of the molecule is COC(=O)c1c(F)ccc(S(=O)(=O)NCC[S@@](=O)Cc2ccccc2)c1F. The molecule has 1 atom stereocenters. The van der Waals surface area contributed by atoms with Gasteiger partial charge >= 0.3 is 5.97 Å². The quantitative estimate of drug-likeness (QED) is 0.664. The number of hydrogen-bond donors (Lipinski definition) is 1. The van der Waals surface area contributed by atoms with Gasteiger partial charge in [-0.15, -0.1) is 0 Å². The Morgan fingerprint density at radius 3 is 2.44 bits per heavy atom. The van der Waals surface area contributed by atoms with Crippen molar-refractivity contribution in [2.24, 2.45) is 0 Å². The second-order valence-corrected chi connectivity index (χ2v) is 8.71. The molecule has 27 heavy (non-hydrogen) atoms. The Kier molecular flexibility index (Phi) is 7.17. The zero-order chi connectivity index (χ0) is 20.0. The highest BCUT2D eigenvalue weighted by molar-refractivity contribution is 7.89. The van der Waals surface area contributed by atoms with Crippen LogP contribution in [0.1, 0.15) is 15.9 Å². The monoisotopic (exact) mass is 417 g/mol. The van der Waals surface area contributed by atoms with Gasteiger partial charge in [-0.25, -0.2) is 26.7 Å². The summed E-state index contributed by atoms with van der Waals surface area (Å²) in [6.07, 6.45) is 0. The van der Waals surface area contributed by atoms with Crippen molar-refractivity contribution in [1.29, 1.82) is 0 Å². The molecule has 2 rings (SSSR count). The molecule has 6 nitrogen and oxygen atoms in total. The molecule has 0 amide bonds. The lowest BCUT2D eigenvalue weighted by Crippen LogP contribution is -2.29. The summed E-state index contributed by atoms with van der Waals surface area (Å²) in [6, 6.07) is 10.4. The molecular formula is C17H17F2NO5S2. The number of sulfonamides is 1. The van der Waals surface area contributed by atoms with E-state index in [-0.39, 0.29) is 18.1 Å². The molecule has 1 N–H and O–H groups in total. The molecule has 146 valence electrons. The van der Waals surface area contributed by atoms with Gasteiger partial charge in [0.25, 0.3) is 0 Å². The number of carbonyl (C=O) groups excluding carboxylic acids is 1. The summed E-state index contributed by atoms with van der Waals surface area (Å²) in [5.41, 5.74) is -0.251. The lowest BCUT2D eigenvalue weighted by Gasteiger charge is -2.10. The average molecular weight is 417 g/mol. The fourth-order valence-electron chi connectivity index (χ4n) is 2.23. The number of rotatable bonds is 8. The molecule has 0 aliphatic rings. The Hall–Kier alpha value is -2.17. The van der Waals surface area contributed by atoms with E-state index in [2.05, 4.69) is 9.46 Å². The third-order valence-corrected chi connectivity index (χ3v) is 6.32. The molecule has 0 radical (unpaired) electrons. The van der Waals surface area contributed by atoms with Crippen molar-refractivity contribution in [2.45, 2.75) is 10.6 Å². The third kappa shape index (κ3) is 5.41. The molecular weight excluding hydrogens is 400 g/mol. The lowest BCUT2D eigenvalue weighted by molar-refractivity contribution is 0.0589. The number of hydrogen-bond acceptors (Lipinski definition) is 5. The van der Waals surface area contributed by atoms with Crippen LogP contribution in [0.5, 0.6) is 0 Å². The standard InChI is InChI=1S/C17H17F2NO5S2/c1-25-17(21)15-13(18)7-8-14(16(15)19)27(23,24)20-9-10-26(22)11-12-5-3-2-4-6-12/h2-8,20H,9-11H2,1H3/t26-/m1/s1. The van der Waals surface area contributed by atoms with Gasteiger partial charge in [0.15, 0.2) is 5.82 Å². The summed E-state index contributed by atoms with van der Waals surface area (Å²) in [4.78, 5) is 10.6. The first kappa shape index (κ1) is 21.1. The van der Waals surface area contributed by atoms with E-state index in [1.165, 1.54) is 0 Å². The average Bonchev–Trinajstić information content (AvgIpc) is 2.61. The number of esters is 1. The Balaban J connectivity index is 2.06. The smallest absolute Gasteiger partial charge is 0.343 e. The molecule has 0 aliphatic heterocycles. The van der Waals surface area contributed by atoms with Crippen molar-refractivity contribution in [1.82, 2.24) is 4.72 Å². The van der Waals surface area contributed by atoms with Crippen LogP contribution in [-0.4, -0.2) is 38.0 Å². The van der Waals surface area contributed by atoms with Crippen molar-refractivity contribution < 1.29 is 30.9 Å². The molecule has 10 heteroatoms. The molecule has 0 aliphatic carbocycles. The minimum Gasteiger partial charge on any atom is -0.465 e. The highest BCUT2D eigenvalue weighted by atomic mass is 32.2. The first-order valence-corrected chi connectivity index (χ1v) is 10.7. The molecule has 0 unspecified atom stereocenters. The summed E-state index contributed by atoms with van der Waals surface area (Å²) in [5, 5.41) is 0. The largest absolute Gasteiger partial charge is 0.465 e. The number of ether oxygens (including phenoxy) is 1. The van der Waals surface area contributed by atoms with Crippen molar-refractivity contribution in [3.8, 4) is 0 Å². The Labute approximate surface area is 158 Å². The molecule has 0 bridgehead atoms. The molecule has 0 heterocycles. The number of benzene rings is 2. The predicted octanol–water partition coefficient (Wildman–Crippen LogP) is 1.98. The minimum atomic E-state index is -4.37. The van der Waals surface area contributed by atoms with Crippen molar-refractivity contribution >= 4 is 26.8 Å². The summed E-state index contributed by atoms with van der Waals surface area (Å²) >= 11 is 0. The van der Waals surface area contributed by atoms with E-state index < -0.39 is 48.9 Å². The van der Waals surface area contributed by atoms with Crippen molar-refractivity contribution in [3.05, 3.63) is 65.2 Å². The first-order valence-electron chi connectivity index (χ1n) is 7.71. The first-order chi connectivity index (χ1) is 12.8. The normalized spacial score (nSPS) is 12.6. The second kappa shape index (κ2) is 9.16. The van der Waals surface area contributed by atoms with Crippen molar-refractivity contribution in [2.75, 3.05) is 19.4 Å². The van der Waals surface area contributed by atoms with E-state index in [0.29, 0.717) is 12.1 Å². The van der Waals surface area contributed by atoms with Crippen LogP contribution in [-0.2, 0) is 31.3 Å².